The minimum atomic E-state index is -0.0950. The summed E-state index contributed by atoms with van der Waals surface area (Å²) >= 11 is 6.01. The van der Waals surface area contributed by atoms with Crippen molar-refractivity contribution in [2.24, 2.45) is 0 Å². The number of halogens is 1. The lowest BCUT2D eigenvalue weighted by Gasteiger charge is -2.32. The molecule has 1 aromatic rings. The van der Waals surface area contributed by atoms with Gasteiger partial charge in [0.15, 0.2) is 0 Å². The summed E-state index contributed by atoms with van der Waals surface area (Å²) in [7, 11) is 1.65. The van der Waals surface area contributed by atoms with Gasteiger partial charge in [0.2, 0.25) is 0 Å². The molecule has 0 aromatic heterocycles. The fourth-order valence-electron chi connectivity index (χ4n) is 2.15. The molecule has 0 amide bonds. The molecule has 1 aliphatic heterocycles. The standard InChI is InChI=1S/C13H16ClN3O/c1-18-13-3-2-11(14)6-10(13)9-17-5-4-16-8-12(17)7-15/h2-3,6,12,16H,4-5,8-9H2,1H3. The van der Waals surface area contributed by atoms with Gasteiger partial charge in [-0.3, -0.25) is 4.90 Å². The number of hydrogen-bond donors (Lipinski definition) is 1. The van der Waals surface area contributed by atoms with E-state index in [4.69, 9.17) is 21.6 Å². The first-order chi connectivity index (χ1) is 8.74. The number of ether oxygens (including phenoxy) is 1. The van der Waals surface area contributed by atoms with Crippen molar-refractivity contribution in [2.75, 3.05) is 26.7 Å². The second kappa shape index (κ2) is 6.05. The Bertz CT molecular complexity index is 458. The zero-order valence-corrected chi connectivity index (χ0v) is 11.1. The third-order valence-electron chi connectivity index (χ3n) is 3.12. The van der Waals surface area contributed by atoms with Crippen LogP contribution in [0.1, 0.15) is 5.56 Å². The molecular formula is C13H16ClN3O. The number of nitrogens with one attached hydrogen (secondary N) is 1. The Hall–Kier alpha value is -1.28. The predicted octanol–water partition coefficient (Wildman–Crippen LogP) is 1.65. The maximum absolute atomic E-state index is 9.13. The lowest BCUT2D eigenvalue weighted by Crippen LogP contribution is -2.50. The van der Waals surface area contributed by atoms with E-state index in [2.05, 4.69) is 16.3 Å². The second-order valence-electron chi connectivity index (χ2n) is 4.28. The first-order valence-corrected chi connectivity index (χ1v) is 6.29. The highest BCUT2D eigenvalue weighted by Crippen LogP contribution is 2.24. The van der Waals surface area contributed by atoms with Gasteiger partial charge in [-0.2, -0.15) is 5.26 Å². The number of rotatable bonds is 3. The van der Waals surface area contributed by atoms with Gasteiger partial charge in [0, 0.05) is 36.8 Å². The van der Waals surface area contributed by atoms with Crippen molar-refractivity contribution in [2.45, 2.75) is 12.6 Å². The van der Waals surface area contributed by atoms with Gasteiger partial charge in [0.1, 0.15) is 11.8 Å². The monoisotopic (exact) mass is 265 g/mol. The highest BCUT2D eigenvalue weighted by Gasteiger charge is 2.22. The van der Waals surface area contributed by atoms with E-state index in [9.17, 15) is 0 Å². The smallest absolute Gasteiger partial charge is 0.123 e. The van der Waals surface area contributed by atoms with Crippen molar-refractivity contribution in [3.8, 4) is 11.8 Å². The molecule has 96 valence electrons. The third kappa shape index (κ3) is 2.94. The first-order valence-electron chi connectivity index (χ1n) is 5.91. The van der Waals surface area contributed by atoms with Crippen molar-refractivity contribution in [3.05, 3.63) is 28.8 Å². The van der Waals surface area contributed by atoms with Crippen LogP contribution in [0.3, 0.4) is 0 Å². The molecule has 0 bridgehead atoms. The Balaban J connectivity index is 2.17. The number of nitrogens with zero attached hydrogens (tertiary/aromatic N) is 2. The molecule has 1 fully saturated rings. The van der Waals surface area contributed by atoms with Crippen molar-refractivity contribution < 1.29 is 4.74 Å². The largest absolute Gasteiger partial charge is 0.496 e. The summed E-state index contributed by atoms with van der Waals surface area (Å²) in [5, 5.41) is 13.0. The SMILES string of the molecule is COc1ccc(Cl)cc1CN1CCNCC1C#N. The fraction of sp³-hybridized carbons (Fsp3) is 0.462. The van der Waals surface area contributed by atoms with Crippen molar-refractivity contribution in [1.82, 2.24) is 10.2 Å². The van der Waals surface area contributed by atoms with Crippen LogP contribution in [0.5, 0.6) is 5.75 Å². The van der Waals surface area contributed by atoms with E-state index in [-0.39, 0.29) is 6.04 Å². The van der Waals surface area contributed by atoms with Gasteiger partial charge in [0.05, 0.1) is 13.2 Å². The lowest BCUT2D eigenvalue weighted by molar-refractivity contribution is 0.187. The Labute approximate surface area is 112 Å². The second-order valence-corrected chi connectivity index (χ2v) is 4.71. The van der Waals surface area contributed by atoms with Gasteiger partial charge in [-0.1, -0.05) is 11.6 Å². The number of hydrogen-bond acceptors (Lipinski definition) is 4. The van der Waals surface area contributed by atoms with E-state index in [0.717, 1.165) is 24.4 Å². The summed E-state index contributed by atoms with van der Waals surface area (Å²) in [6.07, 6.45) is 0. The van der Waals surface area contributed by atoms with Crippen LogP contribution in [-0.2, 0) is 6.54 Å². The molecule has 1 N–H and O–H groups in total. The molecular weight excluding hydrogens is 250 g/mol. The van der Waals surface area contributed by atoms with Crippen LogP contribution in [0.15, 0.2) is 18.2 Å². The molecule has 1 aromatic carbocycles. The quantitative estimate of drug-likeness (QED) is 0.903. The first kappa shape index (κ1) is 13.2. The Kier molecular flexibility index (Phi) is 4.43. The maximum atomic E-state index is 9.13. The molecule has 0 radical (unpaired) electrons. The van der Waals surface area contributed by atoms with Gasteiger partial charge in [0.25, 0.3) is 0 Å². The predicted molar refractivity (Wildman–Crippen MR) is 70.7 cm³/mol. The van der Waals surface area contributed by atoms with Gasteiger partial charge >= 0.3 is 0 Å². The minimum Gasteiger partial charge on any atom is -0.496 e. The van der Waals surface area contributed by atoms with Gasteiger partial charge in [-0.25, -0.2) is 0 Å². The zero-order chi connectivity index (χ0) is 13.0. The minimum absolute atomic E-state index is 0.0950. The zero-order valence-electron chi connectivity index (χ0n) is 10.3. The molecule has 2 rings (SSSR count). The van der Waals surface area contributed by atoms with Gasteiger partial charge in [-0.05, 0) is 18.2 Å². The van der Waals surface area contributed by atoms with Crippen molar-refractivity contribution in [1.29, 1.82) is 5.26 Å². The number of piperazine rings is 1. The van der Waals surface area contributed by atoms with Crippen molar-refractivity contribution >= 4 is 11.6 Å². The van der Waals surface area contributed by atoms with Crippen molar-refractivity contribution in [3.63, 3.8) is 0 Å². The van der Waals surface area contributed by atoms with Crippen LogP contribution in [-0.4, -0.2) is 37.7 Å². The molecule has 0 saturated carbocycles. The molecule has 18 heavy (non-hydrogen) atoms. The van der Waals surface area contributed by atoms with E-state index >= 15 is 0 Å². The molecule has 1 aliphatic rings. The molecule has 1 atom stereocenters. The topological polar surface area (TPSA) is 48.3 Å². The number of benzene rings is 1. The molecule has 0 aliphatic carbocycles. The van der Waals surface area contributed by atoms with E-state index in [1.54, 1.807) is 7.11 Å². The van der Waals surface area contributed by atoms with E-state index in [0.29, 0.717) is 18.1 Å². The van der Waals surface area contributed by atoms with E-state index < -0.39 is 0 Å². The lowest BCUT2D eigenvalue weighted by atomic mass is 10.1. The van der Waals surface area contributed by atoms with Crippen LogP contribution >= 0.6 is 11.6 Å². The fourth-order valence-corrected chi connectivity index (χ4v) is 2.35. The molecule has 1 heterocycles. The summed E-state index contributed by atoms with van der Waals surface area (Å²) in [4.78, 5) is 2.14. The summed E-state index contributed by atoms with van der Waals surface area (Å²) in [6.45, 7) is 3.15. The Morgan fingerprint density at radius 3 is 3.17 bits per heavy atom. The van der Waals surface area contributed by atoms with E-state index in [1.807, 2.05) is 18.2 Å². The molecule has 5 heteroatoms. The summed E-state index contributed by atoms with van der Waals surface area (Å²) < 4.78 is 5.33. The van der Waals surface area contributed by atoms with Crippen LogP contribution in [0.2, 0.25) is 5.02 Å². The molecule has 4 nitrogen and oxygen atoms in total. The summed E-state index contributed by atoms with van der Waals surface area (Å²) in [6, 6.07) is 7.79. The highest BCUT2D eigenvalue weighted by atomic mass is 35.5. The Morgan fingerprint density at radius 1 is 1.61 bits per heavy atom. The van der Waals surface area contributed by atoms with Crippen LogP contribution in [0, 0.1) is 11.3 Å². The number of nitriles is 1. The van der Waals surface area contributed by atoms with Crippen LogP contribution in [0.25, 0.3) is 0 Å². The third-order valence-corrected chi connectivity index (χ3v) is 3.35. The number of methoxy groups -OCH3 is 1. The van der Waals surface area contributed by atoms with Crippen LogP contribution in [0.4, 0.5) is 0 Å². The molecule has 1 unspecified atom stereocenters. The van der Waals surface area contributed by atoms with Crippen LogP contribution < -0.4 is 10.1 Å². The van der Waals surface area contributed by atoms with Gasteiger partial charge < -0.3 is 10.1 Å². The maximum Gasteiger partial charge on any atom is 0.123 e. The highest BCUT2D eigenvalue weighted by molar-refractivity contribution is 6.30. The average molecular weight is 266 g/mol. The summed E-state index contributed by atoms with van der Waals surface area (Å²) in [5.74, 6) is 0.814. The summed E-state index contributed by atoms with van der Waals surface area (Å²) in [5.41, 5.74) is 1.02. The molecule has 0 spiro atoms. The normalized spacial score (nSPS) is 20.4. The average Bonchev–Trinajstić information content (AvgIpc) is 2.40. The Morgan fingerprint density at radius 2 is 2.44 bits per heavy atom. The van der Waals surface area contributed by atoms with Gasteiger partial charge in [-0.15, -0.1) is 0 Å². The van der Waals surface area contributed by atoms with E-state index in [1.165, 1.54) is 0 Å². The molecule has 1 saturated heterocycles.